The van der Waals surface area contributed by atoms with E-state index in [2.05, 4.69) is 69.7 Å². The van der Waals surface area contributed by atoms with Crippen molar-refractivity contribution in [2.24, 2.45) is 0 Å². The molecule has 3 heterocycles. The third-order valence-corrected chi connectivity index (χ3v) is 9.50. The van der Waals surface area contributed by atoms with Gasteiger partial charge < -0.3 is 10.2 Å². The number of rotatable bonds is 6. The first-order chi connectivity index (χ1) is 20.2. The van der Waals surface area contributed by atoms with Crippen LogP contribution in [0.2, 0.25) is 0 Å². The van der Waals surface area contributed by atoms with Gasteiger partial charge in [-0.25, -0.2) is 4.98 Å². The molecule has 210 valence electrons. The third-order valence-electron chi connectivity index (χ3n) is 9.50. The summed E-state index contributed by atoms with van der Waals surface area (Å²) < 4.78 is 0. The number of carbonyl (C=O) groups excluding carboxylic acids is 1. The van der Waals surface area contributed by atoms with E-state index in [1.54, 1.807) is 0 Å². The van der Waals surface area contributed by atoms with Gasteiger partial charge in [-0.05, 0) is 81.9 Å². The summed E-state index contributed by atoms with van der Waals surface area (Å²) in [6.07, 6.45) is 8.23. The highest BCUT2D eigenvalue weighted by atomic mass is 16.1. The topological polar surface area (TPSA) is 48.5 Å². The summed E-state index contributed by atoms with van der Waals surface area (Å²) in [7, 11) is 0. The highest BCUT2D eigenvalue weighted by Crippen LogP contribution is 2.33. The van der Waals surface area contributed by atoms with Crippen molar-refractivity contribution in [3.05, 3.63) is 101 Å². The smallest absolute Gasteiger partial charge is 0.252 e. The van der Waals surface area contributed by atoms with Crippen molar-refractivity contribution in [2.45, 2.75) is 63.6 Å². The van der Waals surface area contributed by atoms with E-state index in [4.69, 9.17) is 4.98 Å². The van der Waals surface area contributed by atoms with Crippen LogP contribution in [0.25, 0.3) is 22.2 Å². The van der Waals surface area contributed by atoms with Crippen molar-refractivity contribution in [1.82, 2.24) is 20.1 Å². The zero-order valence-corrected chi connectivity index (χ0v) is 23.9. The van der Waals surface area contributed by atoms with Gasteiger partial charge in [-0.1, -0.05) is 79.2 Å². The van der Waals surface area contributed by atoms with Crippen LogP contribution in [0, 0.1) is 0 Å². The maximum atomic E-state index is 14.3. The molecular weight excluding hydrogens is 504 g/mol. The number of carbonyl (C=O) groups is 1. The van der Waals surface area contributed by atoms with Gasteiger partial charge >= 0.3 is 0 Å². The van der Waals surface area contributed by atoms with E-state index in [1.165, 1.54) is 56.3 Å². The minimum Gasteiger partial charge on any atom is -0.349 e. The first-order valence-corrected chi connectivity index (χ1v) is 15.5. The van der Waals surface area contributed by atoms with E-state index < -0.39 is 0 Å². The van der Waals surface area contributed by atoms with Gasteiger partial charge in [0.05, 0.1) is 16.8 Å². The molecule has 0 saturated carbocycles. The van der Waals surface area contributed by atoms with Gasteiger partial charge in [0, 0.05) is 35.1 Å². The van der Waals surface area contributed by atoms with Crippen LogP contribution in [-0.2, 0) is 19.4 Å². The molecule has 41 heavy (non-hydrogen) atoms. The lowest BCUT2D eigenvalue weighted by Gasteiger charge is -2.40. The summed E-state index contributed by atoms with van der Waals surface area (Å²) in [5.74, 6) is 0.0248. The number of hydrogen-bond donors (Lipinski definition) is 1. The molecule has 0 unspecified atom stereocenters. The summed E-state index contributed by atoms with van der Waals surface area (Å²) in [6, 6.07) is 28.0. The predicted octanol–water partition coefficient (Wildman–Crippen LogP) is 6.25. The van der Waals surface area contributed by atoms with Crippen molar-refractivity contribution in [3.8, 4) is 11.3 Å². The van der Waals surface area contributed by atoms with Gasteiger partial charge in [0.25, 0.3) is 5.91 Å². The molecule has 1 aliphatic carbocycles. The van der Waals surface area contributed by atoms with Gasteiger partial charge in [0.1, 0.15) is 0 Å². The molecule has 2 aliphatic heterocycles. The SMILES string of the molecule is O=C(NC1Cc2ccccc2C1)c1c(CN2CCC(N3CCCCC3)CC2)c(-c2ccccc2)nc2ccccc12. The fourth-order valence-electron chi connectivity index (χ4n) is 7.37. The monoisotopic (exact) mass is 544 g/mol. The second kappa shape index (κ2) is 11.8. The van der Waals surface area contributed by atoms with Crippen LogP contribution < -0.4 is 5.32 Å². The molecule has 5 heteroatoms. The average molecular weight is 545 g/mol. The van der Waals surface area contributed by atoms with E-state index in [1.807, 2.05) is 24.3 Å². The standard InChI is InChI=1S/C36H40N4O/c41-36(37-29-23-27-13-5-6-14-28(27)24-29)34-31-15-7-8-16-33(31)38-35(26-11-3-1-4-12-26)32(34)25-39-21-17-30(18-22-39)40-19-9-2-10-20-40/h1,3-8,11-16,29-30H,2,9-10,17-25H2,(H,37,41). The second-order valence-corrected chi connectivity index (χ2v) is 12.1. The number of aromatic nitrogens is 1. The second-order valence-electron chi connectivity index (χ2n) is 12.1. The summed E-state index contributed by atoms with van der Waals surface area (Å²) in [5, 5.41) is 4.39. The highest BCUT2D eigenvalue weighted by Gasteiger charge is 2.30. The number of para-hydroxylation sites is 1. The first-order valence-electron chi connectivity index (χ1n) is 15.5. The Morgan fingerprint density at radius 1 is 0.780 bits per heavy atom. The molecule has 2 fully saturated rings. The van der Waals surface area contributed by atoms with Crippen LogP contribution in [0.3, 0.4) is 0 Å². The van der Waals surface area contributed by atoms with Crippen molar-refractivity contribution in [3.63, 3.8) is 0 Å². The third kappa shape index (κ3) is 5.53. The molecule has 0 spiro atoms. The molecule has 7 rings (SSSR count). The van der Waals surface area contributed by atoms with Gasteiger partial charge in [0.15, 0.2) is 0 Å². The molecule has 3 aromatic carbocycles. The Morgan fingerprint density at radius 2 is 1.44 bits per heavy atom. The molecule has 0 radical (unpaired) electrons. The van der Waals surface area contributed by atoms with Gasteiger partial charge in [0.2, 0.25) is 0 Å². The number of pyridine rings is 1. The van der Waals surface area contributed by atoms with E-state index in [0.29, 0.717) is 6.04 Å². The molecule has 1 N–H and O–H groups in total. The molecule has 3 aliphatic rings. The lowest BCUT2D eigenvalue weighted by atomic mass is 9.94. The van der Waals surface area contributed by atoms with Gasteiger partial charge in [-0.2, -0.15) is 0 Å². The van der Waals surface area contributed by atoms with Crippen LogP contribution in [0.15, 0.2) is 78.9 Å². The van der Waals surface area contributed by atoms with Crippen molar-refractivity contribution >= 4 is 16.8 Å². The summed E-state index contributed by atoms with van der Waals surface area (Å²) in [4.78, 5) is 24.8. The lowest BCUT2D eigenvalue weighted by molar-refractivity contribution is 0.0883. The Hall–Kier alpha value is -3.54. The highest BCUT2D eigenvalue weighted by molar-refractivity contribution is 6.09. The Bertz CT molecular complexity index is 1490. The lowest BCUT2D eigenvalue weighted by Crippen LogP contribution is -2.46. The Morgan fingerprint density at radius 3 is 2.17 bits per heavy atom. The average Bonchev–Trinajstić information content (AvgIpc) is 3.44. The Kier molecular flexibility index (Phi) is 7.56. The van der Waals surface area contributed by atoms with Gasteiger partial charge in [-0.15, -0.1) is 0 Å². The van der Waals surface area contributed by atoms with Crippen LogP contribution in [-0.4, -0.2) is 59.0 Å². The zero-order chi connectivity index (χ0) is 27.6. The number of piperidine rings is 2. The van der Waals surface area contributed by atoms with Crippen molar-refractivity contribution in [1.29, 1.82) is 0 Å². The van der Waals surface area contributed by atoms with Crippen molar-refractivity contribution < 1.29 is 4.79 Å². The fraction of sp³-hybridized carbons (Fsp3) is 0.389. The minimum absolute atomic E-state index is 0.0248. The van der Waals surface area contributed by atoms with Crippen LogP contribution in [0.5, 0.6) is 0 Å². The number of nitrogens with zero attached hydrogens (tertiary/aromatic N) is 3. The molecule has 0 atom stereocenters. The molecule has 2 saturated heterocycles. The number of benzene rings is 3. The Labute approximate surface area is 243 Å². The quantitative estimate of drug-likeness (QED) is 0.312. The molecule has 1 amide bonds. The van der Waals surface area contributed by atoms with E-state index in [-0.39, 0.29) is 11.9 Å². The van der Waals surface area contributed by atoms with E-state index >= 15 is 0 Å². The Balaban J connectivity index is 1.22. The number of fused-ring (bicyclic) bond motifs is 2. The maximum Gasteiger partial charge on any atom is 0.252 e. The summed E-state index contributed by atoms with van der Waals surface area (Å²) >= 11 is 0. The molecule has 0 bridgehead atoms. The number of likely N-dealkylation sites (tertiary alicyclic amines) is 2. The van der Waals surface area contributed by atoms with E-state index in [9.17, 15) is 4.79 Å². The van der Waals surface area contributed by atoms with Gasteiger partial charge in [-0.3, -0.25) is 9.69 Å². The predicted molar refractivity (Wildman–Crippen MR) is 166 cm³/mol. The molecule has 4 aromatic rings. The molecular formula is C36H40N4O. The minimum atomic E-state index is 0.0248. The zero-order valence-electron chi connectivity index (χ0n) is 23.9. The molecule has 5 nitrogen and oxygen atoms in total. The van der Waals surface area contributed by atoms with Crippen LogP contribution >= 0.6 is 0 Å². The summed E-state index contributed by atoms with van der Waals surface area (Å²) in [6.45, 7) is 5.37. The van der Waals surface area contributed by atoms with Crippen LogP contribution in [0.1, 0.15) is 59.2 Å². The molecule has 1 aromatic heterocycles. The maximum absolute atomic E-state index is 14.3. The number of amides is 1. The number of hydrogen-bond acceptors (Lipinski definition) is 4. The largest absolute Gasteiger partial charge is 0.349 e. The van der Waals surface area contributed by atoms with E-state index in [0.717, 1.165) is 65.8 Å². The van der Waals surface area contributed by atoms with Crippen LogP contribution in [0.4, 0.5) is 0 Å². The van der Waals surface area contributed by atoms with Crippen molar-refractivity contribution in [2.75, 3.05) is 26.2 Å². The first kappa shape index (κ1) is 26.4. The fourth-order valence-corrected chi connectivity index (χ4v) is 7.37. The normalized spacial score (nSPS) is 18.9. The summed E-state index contributed by atoms with van der Waals surface area (Å²) in [5.41, 5.74) is 7.42. The number of nitrogens with one attached hydrogen (secondary N) is 1.